The summed E-state index contributed by atoms with van der Waals surface area (Å²) in [5, 5.41) is 18.5. The molecular formula is C15H18N2O. The average Bonchev–Trinajstić information content (AvgIpc) is 2.30. The van der Waals surface area contributed by atoms with Crippen molar-refractivity contribution in [2.24, 2.45) is 0 Å². The summed E-state index contributed by atoms with van der Waals surface area (Å²) in [7, 11) is 0. The maximum atomic E-state index is 10.5. The van der Waals surface area contributed by atoms with Crippen molar-refractivity contribution in [3.63, 3.8) is 0 Å². The van der Waals surface area contributed by atoms with E-state index in [4.69, 9.17) is 0 Å². The summed E-state index contributed by atoms with van der Waals surface area (Å²) in [6, 6.07) is 8.00. The number of nitrogens with zero attached hydrogens (tertiary/aromatic N) is 2. The van der Waals surface area contributed by atoms with Crippen LogP contribution in [0.3, 0.4) is 0 Å². The van der Waals surface area contributed by atoms with Crippen LogP contribution in [0.2, 0.25) is 0 Å². The molecule has 0 aliphatic heterocycles. The van der Waals surface area contributed by atoms with Crippen molar-refractivity contribution in [1.82, 2.24) is 10.2 Å². The zero-order chi connectivity index (χ0) is 13.3. The van der Waals surface area contributed by atoms with Crippen molar-refractivity contribution in [3.05, 3.63) is 57.9 Å². The first kappa shape index (κ1) is 12.7. The van der Waals surface area contributed by atoms with Crippen molar-refractivity contribution in [3.8, 4) is 0 Å². The fraction of sp³-hybridized carbons (Fsp3) is 0.333. The number of rotatable bonds is 2. The molecule has 1 aromatic carbocycles. The molecule has 3 heteroatoms. The van der Waals surface area contributed by atoms with Crippen LogP contribution < -0.4 is 0 Å². The Balaban J connectivity index is 2.47. The molecule has 0 amide bonds. The van der Waals surface area contributed by atoms with Crippen LogP contribution in [0.1, 0.15) is 39.7 Å². The van der Waals surface area contributed by atoms with E-state index in [0.717, 1.165) is 33.6 Å². The van der Waals surface area contributed by atoms with Gasteiger partial charge in [0.05, 0.1) is 11.4 Å². The highest BCUT2D eigenvalue weighted by molar-refractivity contribution is 5.36. The molecule has 1 heterocycles. The molecule has 0 aliphatic carbocycles. The van der Waals surface area contributed by atoms with Crippen molar-refractivity contribution in [2.45, 2.75) is 33.8 Å². The summed E-state index contributed by atoms with van der Waals surface area (Å²) in [6.07, 6.45) is -0.641. The van der Waals surface area contributed by atoms with Crippen LogP contribution in [0.5, 0.6) is 0 Å². The minimum absolute atomic E-state index is 0.641. The average molecular weight is 242 g/mol. The normalized spacial score (nSPS) is 12.5. The Morgan fingerprint density at radius 2 is 1.50 bits per heavy atom. The van der Waals surface area contributed by atoms with Crippen LogP contribution >= 0.6 is 0 Å². The highest BCUT2D eigenvalue weighted by atomic mass is 16.3. The molecule has 18 heavy (non-hydrogen) atoms. The van der Waals surface area contributed by atoms with Crippen molar-refractivity contribution < 1.29 is 5.11 Å². The van der Waals surface area contributed by atoms with Gasteiger partial charge in [-0.2, -0.15) is 10.2 Å². The van der Waals surface area contributed by atoms with Crippen LogP contribution in [0, 0.1) is 27.7 Å². The van der Waals surface area contributed by atoms with Gasteiger partial charge in [0.25, 0.3) is 0 Å². The number of aliphatic hydroxyl groups excluding tert-OH is 1. The van der Waals surface area contributed by atoms with E-state index in [1.165, 1.54) is 0 Å². The Kier molecular flexibility index (Phi) is 3.43. The van der Waals surface area contributed by atoms with Gasteiger partial charge in [-0.15, -0.1) is 0 Å². The molecule has 1 atom stereocenters. The molecule has 0 radical (unpaired) electrons. The number of aromatic nitrogens is 2. The first-order valence-electron chi connectivity index (χ1n) is 6.04. The van der Waals surface area contributed by atoms with Gasteiger partial charge in [0.1, 0.15) is 6.10 Å². The van der Waals surface area contributed by atoms with Gasteiger partial charge in [-0.3, -0.25) is 0 Å². The van der Waals surface area contributed by atoms with Gasteiger partial charge in [0.15, 0.2) is 0 Å². The molecule has 1 unspecified atom stereocenters. The van der Waals surface area contributed by atoms with Gasteiger partial charge in [-0.25, -0.2) is 0 Å². The topological polar surface area (TPSA) is 46.0 Å². The van der Waals surface area contributed by atoms with E-state index in [0.29, 0.717) is 0 Å². The van der Waals surface area contributed by atoms with Crippen molar-refractivity contribution in [2.75, 3.05) is 0 Å². The summed E-state index contributed by atoms with van der Waals surface area (Å²) in [5.41, 5.74) is 5.63. The maximum Gasteiger partial charge on any atom is 0.106 e. The number of hydrogen-bond donors (Lipinski definition) is 1. The van der Waals surface area contributed by atoms with Gasteiger partial charge in [-0.05, 0) is 39.3 Å². The Hall–Kier alpha value is -1.74. The van der Waals surface area contributed by atoms with Gasteiger partial charge in [0.2, 0.25) is 0 Å². The summed E-state index contributed by atoms with van der Waals surface area (Å²) in [6.45, 7) is 7.82. The minimum atomic E-state index is -0.641. The van der Waals surface area contributed by atoms with E-state index in [2.05, 4.69) is 16.3 Å². The molecule has 94 valence electrons. The lowest BCUT2D eigenvalue weighted by Gasteiger charge is -2.15. The fourth-order valence-corrected chi connectivity index (χ4v) is 2.19. The second kappa shape index (κ2) is 4.86. The molecule has 0 fully saturated rings. The van der Waals surface area contributed by atoms with E-state index in [1.807, 2.05) is 45.9 Å². The lowest BCUT2D eigenvalue weighted by molar-refractivity contribution is 0.218. The molecule has 0 bridgehead atoms. The summed E-state index contributed by atoms with van der Waals surface area (Å²) in [4.78, 5) is 0. The van der Waals surface area contributed by atoms with E-state index in [-0.39, 0.29) is 0 Å². The Morgan fingerprint density at radius 3 is 2.11 bits per heavy atom. The molecule has 3 nitrogen and oxygen atoms in total. The van der Waals surface area contributed by atoms with E-state index >= 15 is 0 Å². The first-order valence-corrected chi connectivity index (χ1v) is 6.04. The highest BCUT2D eigenvalue weighted by Gasteiger charge is 2.15. The standard InChI is InChI=1S/C15H18N2O/c1-9-5-10(2)7-13(6-9)15(18)14-8-11(3)16-17-12(14)4/h5-8,15,18H,1-4H3. The quantitative estimate of drug-likeness (QED) is 0.880. The van der Waals surface area contributed by atoms with Crippen LogP contribution in [0.4, 0.5) is 0 Å². The van der Waals surface area contributed by atoms with Crippen LogP contribution in [-0.2, 0) is 0 Å². The van der Waals surface area contributed by atoms with Gasteiger partial charge < -0.3 is 5.11 Å². The highest BCUT2D eigenvalue weighted by Crippen LogP contribution is 2.25. The third-order valence-electron chi connectivity index (χ3n) is 2.99. The third-order valence-corrected chi connectivity index (χ3v) is 2.99. The maximum absolute atomic E-state index is 10.5. The van der Waals surface area contributed by atoms with E-state index < -0.39 is 6.10 Å². The number of benzene rings is 1. The summed E-state index contributed by atoms with van der Waals surface area (Å²) in [5.74, 6) is 0. The molecule has 0 saturated heterocycles. The molecule has 1 aromatic heterocycles. The minimum Gasteiger partial charge on any atom is -0.384 e. The predicted octanol–water partition coefficient (Wildman–Crippen LogP) is 2.79. The van der Waals surface area contributed by atoms with Crippen molar-refractivity contribution in [1.29, 1.82) is 0 Å². The lowest BCUT2D eigenvalue weighted by Crippen LogP contribution is -2.06. The molecule has 0 spiro atoms. The summed E-state index contributed by atoms with van der Waals surface area (Å²) < 4.78 is 0. The Bertz CT molecular complexity index is 558. The number of aryl methyl sites for hydroxylation is 4. The first-order chi connectivity index (χ1) is 8.47. The van der Waals surface area contributed by atoms with Crippen LogP contribution in [0.15, 0.2) is 24.3 Å². The van der Waals surface area contributed by atoms with Crippen molar-refractivity contribution >= 4 is 0 Å². The summed E-state index contributed by atoms with van der Waals surface area (Å²) >= 11 is 0. The molecule has 2 rings (SSSR count). The number of aliphatic hydroxyl groups is 1. The molecule has 1 N–H and O–H groups in total. The largest absolute Gasteiger partial charge is 0.384 e. The second-order valence-electron chi connectivity index (χ2n) is 4.85. The molecule has 2 aromatic rings. The Labute approximate surface area is 108 Å². The molecule has 0 aliphatic rings. The fourth-order valence-electron chi connectivity index (χ4n) is 2.19. The predicted molar refractivity (Wildman–Crippen MR) is 71.5 cm³/mol. The number of hydrogen-bond acceptors (Lipinski definition) is 3. The van der Waals surface area contributed by atoms with Gasteiger partial charge in [0, 0.05) is 5.56 Å². The smallest absolute Gasteiger partial charge is 0.106 e. The van der Waals surface area contributed by atoms with E-state index in [1.54, 1.807) is 0 Å². The molecule has 0 saturated carbocycles. The monoisotopic (exact) mass is 242 g/mol. The zero-order valence-corrected chi connectivity index (χ0v) is 11.2. The lowest BCUT2D eigenvalue weighted by atomic mass is 9.97. The molecular weight excluding hydrogens is 224 g/mol. The Morgan fingerprint density at radius 1 is 0.889 bits per heavy atom. The zero-order valence-electron chi connectivity index (χ0n) is 11.2. The third kappa shape index (κ3) is 2.57. The van der Waals surface area contributed by atoms with E-state index in [9.17, 15) is 5.11 Å². The van der Waals surface area contributed by atoms with Crippen LogP contribution in [-0.4, -0.2) is 15.3 Å². The SMILES string of the molecule is Cc1cc(C)cc(C(O)c2cc(C)nnc2C)c1. The van der Waals surface area contributed by atoms with Gasteiger partial charge in [-0.1, -0.05) is 29.3 Å². The van der Waals surface area contributed by atoms with Crippen LogP contribution in [0.25, 0.3) is 0 Å². The van der Waals surface area contributed by atoms with Gasteiger partial charge >= 0.3 is 0 Å². The second-order valence-corrected chi connectivity index (χ2v) is 4.85.